The van der Waals surface area contributed by atoms with E-state index in [0.717, 1.165) is 11.9 Å². The van der Waals surface area contributed by atoms with Gasteiger partial charge in [0.25, 0.3) is 0 Å². The number of aromatic nitrogens is 2. The van der Waals surface area contributed by atoms with E-state index in [1.54, 1.807) is 0 Å². The van der Waals surface area contributed by atoms with E-state index in [-0.39, 0.29) is 0 Å². The van der Waals surface area contributed by atoms with E-state index in [1.807, 2.05) is 0 Å². The predicted molar refractivity (Wildman–Crippen MR) is 116 cm³/mol. The lowest BCUT2D eigenvalue weighted by atomic mass is 9.92. The minimum Gasteiger partial charge on any atom is -0.332 e. The van der Waals surface area contributed by atoms with Crippen LogP contribution in [0.4, 0.5) is 5.95 Å². The van der Waals surface area contributed by atoms with Crippen LogP contribution >= 0.6 is 0 Å². The smallest absolute Gasteiger partial charge is 0.225 e. The minimum absolute atomic E-state index is 0.592. The predicted octanol–water partition coefficient (Wildman–Crippen LogP) is 3.76. The Labute approximate surface area is 171 Å². The van der Waals surface area contributed by atoms with Gasteiger partial charge in [0.2, 0.25) is 5.95 Å². The molecule has 4 unspecified atom stereocenters. The van der Waals surface area contributed by atoms with E-state index in [9.17, 15) is 0 Å². The third kappa shape index (κ3) is 4.20. The zero-order valence-corrected chi connectivity index (χ0v) is 18.3. The van der Waals surface area contributed by atoms with Gasteiger partial charge in [-0.3, -0.25) is 4.90 Å². The van der Waals surface area contributed by atoms with E-state index in [0.29, 0.717) is 24.0 Å². The Morgan fingerprint density at radius 3 is 2.29 bits per heavy atom. The highest BCUT2D eigenvalue weighted by atomic mass is 15.4. The SMILES string of the molecule is CCC(C)N1CC2CCC(C1)N2c1ncc(C2CCCN(CC(C)C)C2)cn1. The maximum Gasteiger partial charge on any atom is 0.225 e. The van der Waals surface area contributed by atoms with Crippen LogP contribution in [0.1, 0.15) is 71.3 Å². The number of nitrogens with zero attached hydrogens (tertiary/aromatic N) is 5. The molecule has 28 heavy (non-hydrogen) atoms. The van der Waals surface area contributed by atoms with Crippen LogP contribution < -0.4 is 4.90 Å². The molecule has 3 aliphatic heterocycles. The molecule has 3 fully saturated rings. The summed E-state index contributed by atoms with van der Waals surface area (Å²) in [6.45, 7) is 15.3. The molecule has 5 heteroatoms. The fourth-order valence-electron chi connectivity index (χ4n) is 5.57. The molecule has 0 aliphatic carbocycles. The van der Waals surface area contributed by atoms with Gasteiger partial charge < -0.3 is 9.80 Å². The average Bonchev–Trinajstić information content (AvgIpc) is 2.96. The summed E-state index contributed by atoms with van der Waals surface area (Å²) in [5.41, 5.74) is 1.34. The van der Waals surface area contributed by atoms with Crippen LogP contribution in [0.2, 0.25) is 0 Å². The lowest BCUT2D eigenvalue weighted by molar-refractivity contribution is 0.162. The number of anilines is 1. The largest absolute Gasteiger partial charge is 0.332 e. The van der Waals surface area contributed by atoms with E-state index in [4.69, 9.17) is 9.97 Å². The summed E-state index contributed by atoms with van der Waals surface area (Å²) >= 11 is 0. The Bertz CT molecular complexity index is 616. The fourth-order valence-corrected chi connectivity index (χ4v) is 5.57. The molecular weight excluding hydrogens is 346 g/mol. The van der Waals surface area contributed by atoms with Gasteiger partial charge in [-0.1, -0.05) is 20.8 Å². The molecule has 4 rings (SSSR count). The van der Waals surface area contributed by atoms with Gasteiger partial charge in [0, 0.05) is 56.7 Å². The van der Waals surface area contributed by atoms with Crippen LogP contribution in [0, 0.1) is 5.92 Å². The molecule has 156 valence electrons. The van der Waals surface area contributed by atoms with E-state index >= 15 is 0 Å². The molecule has 0 radical (unpaired) electrons. The summed E-state index contributed by atoms with van der Waals surface area (Å²) in [5, 5.41) is 0. The summed E-state index contributed by atoms with van der Waals surface area (Å²) < 4.78 is 0. The van der Waals surface area contributed by atoms with Gasteiger partial charge in [0.1, 0.15) is 0 Å². The van der Waals surface area contributed by atoms with Gasteiger partial charge in [-0.15, -0.1) is 0 Å². The Morgan fingerprint density at radius 2 is 1.68 bits per heavy atom. The molecule has 0 spiro atoms. The van der Waals surface area contributed by atoms with Gasteiger partial charge in [-0.2, -0.15) is 0 Å². The highest BCUT2D eigenvalue weighted by molar-refractivity contribution is 5.38. The molecular formula is C23H39N5. The van der Waals surface area contributed by atoms with Crippen LogP contribution in [0.5, 0.6) is 0 Å². The van der Waals surface area contributed by atoms with Crippen molar-refractivity contribution in [1.29, 1.82) is 0 Å². The summed E-state index contributed by atoms with van der Waals surface area (Å²) in [4.78, 5) is 17.6. The summed E-state index contributed by atoms with van der Waals surface area (Å²) in [5.74, 6) is 2.30. The summed E-state index contributed by atoms with van der Waals surface area (Å²) in [6, 6.07) is 1.87. The number of fused-ring (bicyclic) bond motifs is 2. The highest BCUT2D eigenvalue weighted by Gasteiger charge is 2.42. The molecule has 4 atom stereocenters. The molecule has 4 heterocycles. The zero-order valence-electron chi connectivity index (χ0n) is 18.3. The second kappa shape index (κ2) is 8.66. The van der Waals surface area contributed by atoms with Gasteiger partial charge in [-0.25, -0.2) is 9.97 Å². The maximum absolute atomic E-state index is 4.87. The molecule has 3 aliphatic rings. The fraction of sp³-hybridized carbons (Fsp3) is 0.826. The molecule has 0 N–H and O–H groups in total. The van der Waals surface area contributed by atoms with Gasteiger partial charge in [-0.05, 0) is 63.0 Å². The minimum atomic E-state index is 0.592. The van der Waals surface area contributed by atoms with Crippen molar-refractivity contribution in [2.75, 3.05) is 37.6 Å². The van der Waals surface area contributed by atoms with Crippen LogP contribution in [0.15, 0.2) is 12.4 Å². The molecule has 1 aromatic rings. The number of piperazine rings is 1. The van der Waals surface area contributed by atoms with E-state index in [1.165, 1.54) is 70.4 Å². The summed E-state index contributed by atoms with van der Waals surface area (Å²) in [7, 11) is 0. The lowest BCUT2D eigenvalue weighted by Gasteiger charge is -2.43. The number of hydrogen-bond donors (Lipinski definition) is 0. The number of piperidine rings is 1. The van der Waals surface area contributed by atoms with Gasteiger partial charge in [0.05, 0.1) is 0 Å². The van der Waals surface area contributed by atoms with Crippen molar-refractivity contribution in [1.82, 2.24) is 19.8 Å². The Balaban J connectivity index is 1.41. The molecule has 3 saturated heterocycles. The Kier molecular flexibility index (Phi) is 6.21. The number of likely N-dealkylation sites (tertiary alicyclic amines) is 2. The van der Waals surface area contributed by atoms with Gasteiger partial charge >= 0.3 is 0 Å². The van der Waals surface area contributed by atoms with Crippen LogP contribution in [0.3, 0.4) is 0 Å². The van der Waals surface area contributed by atoms with Crippen molar-refractivity contribution in [3.8, 4) is 0 Å². The molecule has 5 nitrogen and oxygen atoms in total. The first kappa shape index (κ1) is 20.1. The quantitative estimate of drug-likeness (QED) is 0.745. The number of hydrogen-bond acceptors (Lipinski definition) is 5. The summed E-state index contributed by atoms with van der Waals surface area (Å²) in [6.07, 6.45) is 10.6. The Hall–Kier alpha value is -1.20. The second-order valence-corrected chi connectivity index (χ2v) is 9.81. The van der Waals surface area contributed by atoms with Crippen molar-refractivity contribution in [2.45, 2.75) is 83.8 Å². The molecule has 0 aromatic carbocycles. The van der Waals surface area contributed by atoms with Crippen LogP contribution in [0.25, 0.3) is 0 Å². The zero-order chi connectivity index (χ0) is 19.7. The third-order valence-corrected chi connectivity index (χ3v) is 7.21. The van der Waals surface area contributed by atoms with E-state index in [2.05, 4.69) is 54.8 Å². The first-order chi connectivity index (χ1) is 13.5. The van der Waals surface area contributed by atoms with Crippen molar-refractivity contribution in [3.63, 3.8) is 0 Å². The van der Waals surface area contributed by atoms with Crippen molar-refractivity contribution < 1.29 is 0 Å². The first-order valence-corrected chi connectivity index (χ1v) is 11.6. The second-order valence-electron chi connectivity index (χ2n) is 9.81. The number of rotatable bonds is 6. The monoisotopic (exact) mass is 385 g/mol. The van der Waals surface area contributed by atoms with Crippen LogP contribution in [-0.2, 0) is 0 Å². The molecule has 0 saturated carbocycles. The standard InChI is InChI=1S/C23H39N5/c1-5-18(4)27-15-21-8-9-22(16-27)28(21)23-24-11-20(12-25-23)19-7-6-10-26(14-19)13-17(2)3/h11-12,17-19,21-22H,5-10,13-16H2,1-4H3. The molecule has 0 amide bonds. The van der Waals surface area contributed by atoms with Crippen molar-refractivity contribution in [3.05, 3.63) is 18.0 Å². The molecule has 1 aromatic heterocycles. The van der Waals surface area contributed by atoms with Crippen molar-refractivity contribution >= 4 is 5.95 Å². The highest BCUT2D eigenvalue weighted by Crippen LogP contribution is 2.34. The van der Waals surface area contributed by atoms with Crippen molar-refractivity contribution in [2.24, 2.45) is 5.92 Å². The van der Waals surface area contributed by atoms with E-state index < -0.39 is 0 Å². The molecule has 2 bridgehead atoms. The normalized spacial score (nSPS) is 30.2. The first-order valence-electron chi connectivity index (χ1n) is 11.6. The average molecular weight is 386 g/mol. The lowest BCUT2D eigenvalue weighted by Crippen LogP contribution is -2.56. The van der Waals surface area contributed by atoms with Gasteiger partial charge in [0.15, 0.2) is 0 Å². The maximum atomic E-state index is 4.87. The Morgan fingerprint density at radius 1 is 1.00 bits per heavy atom. The third-order valence-electron chi connectivity index (χ3n) is 7.21. The van der Waals surface area contributed by atoms with Crippen LogP contribution in [-0.4, -0.2) is 70.6 Å². The topological polar surface area (TPSA) is 35.5 Å².